The Hall–Kier alpha value is -1.67. The zero-order valence-corrected chi connectivity index (χ0v) is 13.1. The first-order valence-electron chi connectivity index (χ1n) is 6.72. The van der Waals surface area contributed by atoms with E-state index in [9.17, 15) is 0 Å². The largest absolute Gasteiger partial charge is 0.457 e. The number of hydrogen-bond donors (Lipinski definition) is 1. The first-order valence-corrected chi connectivity index (χ1v) is 7.09. The highest BCUT2D eigenvalue weighted by Gasteiger charge is 2.11. The molecule has 2 aromatic rings. The summed E-state index contributed by atoms with van der Waals surface area (Å²) in [5, 5.41) is 0.786. The molecule has 0 unspecified atom stereocenters. The van der Waals surface area contributed by atoms with Crippen LogP contribution in [0.25, 0.3) is 0 Å². The van der Waals surface area contributed by atoms with Crippen molar-refractivity contribution in [2.24, 2.45) is 0 Å². The summed E-state index contributed by atoms with van der Waals surface area (Å²) in [4.78, 5) is 0. The average molecular weight is 290 g/mol. The van der Waals surface area contributed by atoms with Gasteiger partial charge in [0.1, 0.15) is 11.5 Å². The molecule has 0 spiro atoms. The molecule has 0 aliphatic heterocycles. The normalized spacial score (nSPS) is 10.9. The van der Waals surface area contributed by atoms with Gasteiger partial charge in [-0.25, -0.2) is 0 Å². The second-order valence-electron chi connectivity index (χ2n) is 5.48. The molecule has 2 N–H and O–H groups in total. The number of nitrogen functional groups attached to an aromatic ring is 1. The zero-order valence-electron chi connectivity index (χ0n) is 12.3. The van der Waals surface area contributed by atoms with Crippen LogP contribution in [0.5, 0.6) is 11.5 Å². The molecule has 2 nitrogen and oxygen atoms in total. The second kappa shape index (κ2) is 5.76. The predicted octanol–water partition coefficient (Wildman–Crippen LogP) is 5.45. The van der Waals surface area contributed by atoms with Gasteiger partial charge in [-0.3, -0.25) is 0 Å². The highest BCUT2D eigenvalue weighted by Crippen LogP contribution is 2.34. The summed E-state index contributed by atoms with van der Waals surface area (Å²) >= 11 is 6.27. The van der Waals surface area contributed by atoms with Crippen molar-refractivity contribution in [1.29, 1.82) is 0 Å². The van der Waals surface area contributed by atoms with E-state index in [1.807, 2.05) is 44.2 Å². The van der Waals surface area contributed by atoms with Gasteiger partial charge in [0.2, 0.25) is 0 Å². The van der Waals surface area contributed by atoms with Gasteiger partial charge < -0.3 is 10.5 Å². The quantitative estimate of drug-likeness (QED) is 0.762. The summed E-state index contributed by atoms with van der Waals surface area (Å²) in [5.41, 5.74) is 9.74. The maximum absolute atomic E-state index is 6.27. The van der Waals surface area contributed by atoms with Crippen molar-refractivity contribution in [1.82, 2.24) is 0 Å². The topological polar surface area (TPSA) is 35.2 Å². The molecule has 106 valence electrons. The maximum Gasteiger partial charge on any atom is 0.130 e. The van der Waals surface area contributed by atoms with E-state index < -0.39 is 0 Å². The van der Waals surface area contributed by atoms with Gasteiger partial charge in [0, 0.05) is 16.8 Å². The van der Waals surface area contributed by atoms with Gasteiger partial charge in [-0.05, 0) is 60.7 Å². The summed E-state index contributed by atoms with van der Waals surface area (Å²) in [6.45, 7) is 8.22. The summed E-state index contributed by atoms with van der Waals surface area (Å²) in [7, 11) is 0. The highest BCUT2D eigenvalue weighted by atomic mass is 35.5. The molecule has 3 heteroatoms. The Morgan fingerprint density at radius 3 is 2.35 bits per heavy atom. The van der Waals surface area contributed by atoms with Crippen LogP contribution in [0.2, 0.25) is 5.02 Å². The van der Waals surface area contributed by atoms with Crippen LogP contribution in [0.4, 0.5) is 5.69 Å². The lowest BCUT2D eigenvalue weighted by Gasteiger charge is -2.15. The lowest BCUT2D eigenvalue weighted by molar-refractivity contribution is 0.477. The molecule has 0 amide bonds. The molecular formula is C17H20ClNO. The maximum atomic E-state index is 6.27. The number of nitrogens with two attached hydrogens (primary N) is 1. The first kappa shape index (κ1) is 14.7. The fourth-order valence-corrected chi connectivity index (χ4v) is 2.62. The van der Waals surface area contributed by atoms with E-state index in [0.717, 1.165) is 33.2 Å². The third kappa shape index (κ3) is 3.26. The Balaban J connectivity index is 2.40. The van der Waals surface area contributed by atoms with Gasteiger partial charge in [0.15, 0.2) is 0 Å². The SMILES string of the molecule is Cc1cc(N)cc(Oc2cc(C(C)C)c(Cl)cc2C)c1. The minimum Gasteiger partial charge on any atom is -0.457 e. The number of benzene rings is 2. The minimum absolute atomic E-state index is 0.355. The van der Waals surface area contributed by atoms with Crippen LogP contribution >= 0.6 is 11.6 Å². The molecule has 0 heterocycles. The molecule has 0 aliphatic rings. The van der Waals surface area contributed by atoms with Crippen LogP contribution in [0, 0.1) is 13.8 Å². The Bertz CT molecular complexity index is 615. The summed E-state index contributed by atoms with van der Waals surface area (Å²) < 4.78 is 5.98. The predicted molar refractivity (Wildman–Crippen MR) is 85.9 cm³/mol. The standard InChI is InChI=1S/C17H20ClNO/c1-10(2)15-9-17(12(4)7-16(15)18)20-14-6-11(3)5-13(19)8-14/h5-10H,19H2,1-4H3. The Kier molecular flexibility index (Phi) is 4.24. The lowest BCUT2D eigenvalue weighted by atomic mass is 10.0. The van der Waals surface area contributed by atoms with Crippen molar-refractivity contribution >= 4 is 17.3 Å². The molecule has 0 radical (unpaired) electrons. The van der Waals surface area contributed by atoms with Crippen LogP contribution in [0.1, 0.15) is 36.5 Å². The van der Waals surface area contributed by atoms with Crippen LogP contribution < -0.4 is 10.5 Å². The van der Waals surface area contributed by atoms with E-state index in [0.29, 0.717) is 11.6 Å². The average Bonchev–Trinajstić information content (AvgIpc) is 2.30. The lowest BCUT2D eigenvalue weighted by Crippen LogP contribution is -1.95. The van der Waals surface area contributed by atoms with Crippen LogP contribution in [-0.4, -0.2) is 0 Å². The van der Waals surface area contributed by atoms with Gasteiger partial charge in [0.05, 0.1) is 0 Å². The summed E-state index contributed by atoms with van der Waals surface area (Å²) in [6.07, 6.45) is 0. The number of ether oxygens (including phenoxy) is 1. The van der Waals surface area contributed by atoms with E-state index in [2.05, 4.69) is 13.8 Å². The summed E-state index contributed by atoms with van der Waals surface area (Å²) in [5.74, 6) is 1.93. The van der Waals surface area contributed by atoms with E-state index in [4.69, 9.17) is 22.1 Å². The van der Waals surface area contributed by atoms with Crippen LogP contribution in [0.15, 0.2) is 30.3 Å². The second-order valence-corrected chi connectivity index (χ2v) is 5.88. The Labute approximate surface area is 125 Å². The third-order valence-electron chi connectivity index (χ3n) is 3.22. The molecular weight excluding hydrogens is 270 g/mol. The Morgan fingerprint density at radius 2 is 1.75 bits per heavy atom. The summed E-state index contributed by atoms with van der Waals surface area (Å²) in [6, 6.07) is 9.68. The molecule has 0 atom stereocenters. The smallest absolute Gasteiger partial charge is 0.130 e. The van der Waals surface area contributed by atoms with E-state index in [-0.39, 0.29) is 0 Å². The van der Waals surface area contributed by atoms with Crippen molar-refractivity contribution in [2.75, 3.05) is 5.73 Å². The zero-order chi connectivity index (χ0) is 14.9. The molecule has 0 fully saturated rings. The number of rotatable bonds is 3. The molecule has 0 aliphatic carbocycles. The number of hydrogen-bond acceptors (Lipinski definition) is 2. The molecule has 0 saturated carbocycles. The number of aryl methyl sites for hydroxylation is 2. The molecule has 0 aromatic heterocycles. The number of anilines is 1. The van der Waals surface area contributed by atoms with Gasteiger partial charge in [-0.15, -0.1) is 0 Å². The molecule has 2 rings (SSSR count). The van der Waals surface area contributed by atoms with E-state index in [1.54, 1.807) is 0 Å². The molecule has 20 heavy (non-hydrogen) atoms. The van der Waals surface area contributed by atoms with Crippen molar-refractivity contribution in [3.8, 4) is 11.5 Å². The highest BCUT2D eigenvalue weighted by molar-refractivity contribution is 6.31. The van der Waals surface area contributed by atoms with Gasteiger partial charge in [-0.1, -0.05) is 25.4 Å². The van der Waals surface area contributed by atoms with Crippen LogP contribution in [-0.2, 0) is 0 Å². The van der Waals surface area contributed by atoms with Crippen molar-refractivity contribution in [2.45, 2.75) is 33.6 Å². The monoisotopic (exact) mass is 289 g/mol. The van der Waals surface area contributed by atoms with Crippen molar-refractivity contribution in [3.63, 3.8) is 0 Å². The van der Waals surface area contributed by atoms with Gasteiger partial charge >= 0.3 is 0 Å². The Morgan fingerprint density at radius 1 is 1.05 bits per heavy atom. The molecule has 0 saturated heterocycles. The van der Waals surface area contributed by atoms with E-state index in [1.165, 1.54) is 0 Å². The fraction of sp³-hybridized carbons (Fsp3) is 0.294. The fourth-order valence-electron chi connectivity index (χ4n) is 2.18. The van der Waals surface area contributed by atoms with Crippen LogP contribution in [0.3, 0.4) is 0 Å². The molecule has 0 bridgehead atoms. The van der Waals surface area contributed by atoms with E-state index >= 15 is 0 Å². The number of halogens is 1. The van der Waals surface area contributed by atoms with Crippen molar-refractivity contribution < 1.29 is 4.74 Å². The van der Waals surface area contributed by atoms with Crippen molar-refractivity contribution in [3.05, 3.63) is 52.0 Å². The minimum atomic E-state index is 0.355. The molecule has 2 aromatic carbocycles. The third-order valence-corrected chi connectivity index (χ3v) is 3.54. The first-order chi connectivity index (χ1) is 9.36. The van der Waals surface area contributed by atoms with Gasteiger partial charge in [-0.2, -0.15) is 0 Å². The van der Waals surface area contributed by atoms with Gasteiger partial charge in [0.25, 0.3) is 0 Å².